The lowest BCUT2D eigenvalue weighted by Crippen LogP contribution is -2.47. The van der Waals surface area contributed by atoms with Gasteiger partial charge in [0.15, 0.2) is 0 Å². The lowest BCUT2D eigenvalue weighted by atomic mass is 9.99. The summed E-state index contributed by atoms with van der Waals surface area (Å²) in [7, 11) is 0. The summed E-state index contributed by atoms with van der Waals surface area (Å²) in [5.41, 5.74) is 3.25. The second-order valence-electron chi connectivity index (χ2n) is 11.2. The SMILES string of the molecule is O=C(O)c1cnn(C2CCCN(c3cc(Cl)ccc3-c3ccc(N4CCN(CC5CC5)CC4)cc3)C2)c1C(F)F. The topological polar surface area (TPSA) is 64.8 Å². The molecule has 1 N–H and O–H groups in total. The summed E-state index contributed by atoms with van der Waals surface area (Å²) >= 11 is 6.44. The zero-order chi connectivity index (χ0) is 27.8. The van der Waals surface area contributed by atoms with Crippen LogP contribution in [0.4, 0.5) is 20.2 Å². The molecule has 6 rings (SSSR count). The normalized spacial score (nSPS) is 20.4. The second-order valence-corrected chi connectivity index (χ2v) is 11.6. The smallest absolute Gasteiger partial charge is 0.339 e. The number of hydrogen-bond acceptors (Lipinski definition) is 5. The van der Waals surface area contributed by atoms with Gasteiger partial charge in [-0.3, -0.25) is 9.58 Å². The molecule has 0 amide bonds. The molecule has 1 unspecified atom stereocenters. The fourth-order valence-electron chi connectivity index (χ4n) is 6.13. The van der Waals surface area contributed by atoms with Crippen molar-refractivity contribution in [2.75, 3.05) is 55.6 Å². The third-order valence-corrected chi connectivity index (χ3v) is 8.68. The van der Waals surface area contributed by atoms with Crippen molar-refractivity contribution in [1.29, 1.82) is 0 Å². The molecule has 10 heteroatoms. The number of carboxylic acid groups (broad SMARTS) is 1. The van der Waals surface area contributed by atoms with E-state index in [2.05, 4.69) is 44.1 Å². The molecule has 1 saturated carbocycles. The lowest BCUT2D eigenvalue weighted by molar-refractivity contribution is 0.0681. The summed E-state index contributed by atoms with van der Waals surface area (Å²) in [6.45, 7) is 6.69. The van der Waals surface area contributed by atoms with Crippen molar-refractivity contribution in [3.05, 3.63) is 64.9 Å². The van der Waals surface area contributed by atoms with E-state index in [1.54, 1.807) is 0 Å². The van der Waals surface area contributed by atoms with Crippen molar-refractivity contribution >= 4 is 28.9 Å². The van der Waals surface area contributed by atoms with Gasteiger partial charge in [-0.15, -0.1) is 0 Å². The molecule has 3 heterocycles. The van der Waals surface area contributed by atoms with Crippen LogP contribution in [0.25, 0.3) is 11.1 Å². The van der Waals surface area contributed by atoms with Gasteiger partial charge in [-0.25, -0.2) is 13.6 Å². The average Bonchev–Trinajstić information content (AvgIpc) is 3.66. The van der Waals surface area contributed by atoms with E-state index in [1.165, 1.54) is 29.8 Å². The number of halogens is 3. The van der Waals surface area contributed by atoms with Crippen molar-refractivity contribution in [2.45, 2.75) is 38.2 Å². The molecule has 1 aromatic heterocycles. The van der Waals surface area contributed by atoms with Crippen molar-refractivity contribution in [1.82, 2.24) is 14.7 Å². The fourth-order valence-corrected chi connectivity index (χ4v) is 6.30. The summed E-state index contributed by atoms with van der Waals surface area (Å²) in [5, 5.41) is 14.1. The van der Waals surface area contributed by atoms with E-state index in [9.17, 15) is 18.7 Å². The third kappa shape index (κ3) is 5.67. The van der Waals surface area contributed by atoms with Gasteiger partial charge in [0.2, 0.25) is 0 Å². The number of piperazine rings is 1. The molecule has 0 spiro atoms. The first-order valence-corrected chi connectivity index (χ1v) is 14.5. The van der Waals surface area contributed by atoms with Crippen LogP contribution < -0.4 is 9.80 Å². The predicted molar refractivity (Wildman–Crippen MR) is 153 cm³/mol. The van der Waals surface area contributed by atoms with Gasteiger partial charge in [-0.2, -0.15) is 5.10 Å². The highest BCUT2D eigenvalue weighted by Gasteiger charge is 2.31. The summed E-state index contributed by atoms with van der Waals surface area (Å²) in [4.78, 5) is 18.7. The summed E-state index contributed by atoms with van der Waals surface area (Å²) in [6.07, 6.45) is 2.27. The first-order valence-electron chi connectivity index (χ1n) is 14.1. The Morgan fingerprint density at radius 3 is 2.42 bits per heavy atom. The van der Waals surface area contributed by atoms with Crippen LogP contribution in [0.3, 0.4) is 0 Å². The largest absolute Gasteiger partial charge is 0.478 e. The number of aromatic nitrogens is 2. The molecule has 3 aliphatic rings. The monoisotopic (exact) mass is 569 g/mol. The number of anilines is 2. The van der Waals surface area contributed by atoms with Gasteiger partial charge in [0.1, 0.15) is 11.3 Å². The minimum Gasteiger partial charge on any atom is -0.478 e. The van der Waals surface area contributed by atoms with Gasteiger partial charge in [0.05, 0.1) is 12.2 Å². The molecule has 212 valence electrons. The first-order chi connectivity index (χ1) is 19.4. The quantitative estimate of drug-likeness (QED) is 0.348. The number of alkyl halides is 2. The van der Waals surface area contributed by atoms with E-state index in [0.717, 1.165) is 68.1 Å². The van der Waals surface area contributed by atoms with Crippen molar-refractivity contribution in [2.24, 2.45) is 5.92 Å². The molecule has 2 aromatic carbocycles. The Labute approximate surface area is 237 Å². The summed E-state index contributed by atoms with van der Waals surface area (Å²) < 4.78 is 29.0. The molecular weight excluding hydrogens is 536 g/mol. The Balaban J connectivity index is 1.21. The van der Waals surface area contributed by atoms with E-state index >= 15 is 0 Å². The van der Waals surface area contributed by atoms with Crippen molar-refractivity contribution in [3.63, 3.8) is 0 Å². The molecule has 7 nitrogen and oxygen atoms in total. The maximum absolute atomic E-state index is 13.9. The highest BCUT2D eigenvalue weighted by Crippen LogP contribution is 2.38. The van der Waals surface area contributed by atoms with E-state index in [-0.39, 0.29) is 6.04 Å². The standard InChI is InChI=1S/C30H34ClF2N5O2/c31-22-7-10-25(21-5-8-23(9-6-21)36-14-12-35(13-15-36)18-20-3-4-20)27(16-22)37-11-1-2-24(19-37)38-28(29(32)33)26(17-34-38)30(39)40/h5-10,16-17,20,24,29H,1-4,11-15,18-19H2,(H,39,40). The number of rotatable bonds is 8. The Morgan fingerprint density at radius 1 is 1.00 bits per heavy atom. The Kier molecular flexibility index (Phi) is 7.68. The molecule has 2 saturated heterocycles. The zero-order valence-corrected chi connectivity index (χ0v) is 23.1. The Bertz CT molecular complexity index is 1350. The molecule has 40 heavy (non-hydrogen) atoms. The number of hydrogen-bond donors (Lipinski definition) is 1. The van der Waals surface area contributed by atoms with Crippen LogP contribution in [0.15, 0.2) is 48.7 Å². The van der Waals surface area contributed by atoms with Crippen LogP contribution in [-0.4, -0.2) is 71.6 Å². The van der Waals surface area contributed by atoms with Crippen LogP contribution >= 0.6 is 11.6 Å². The van der Waals surface area contributed by atoms with Gasteiger partial charge in [0.25, 0.3) is 6.43 Å². The maximum Gasteiger partial charge on any atom is 0.339 e. The maximum atomic E-state index is 13.9. The molecule has 1 aliphatic carbocycles. The van der Waals surface area contributed by atoms with Gasteiger partial charge in [-0.05, 0) is 61.4 Å². The van der Waals surface area contributed by atoms with Gasteiger partial charge < -0.3 is 14.9 Å². The number of aromatic carboxylic acids is 1. The average molecular weight is 570 g/mol. The predicted octanol–water partition coefficient (Wildman–Crippen LogP) is 6.21. The first kappa shape index (κ1) is 27.0. The highest BCUT2D eigenvalue weighted by atomic mass is 35.5. The van der Waals surface area contributed by atoms with Gasteiger partial charge >= 0.3 is 5.97 Å². The summed E-state index contributed by atoms with van der Waals surface area (Å²) in [6, 6.07) is 14.1. The highest BCUT2D eigenvalue weighted by molar-refractivity contribution is 6.31. The van der Waals surface area contributed by atoms with Crippen LogP contribution in [0, 0.1) is 5.92 Å². The van der Waals surface area contributed by atoms with E-state index < -0.39 is 23.7 Å². The van der Waals surface area contributed by atoms with Crippen molar-refractivity contribution < 1.29 is 18.7 Å². The number of nitrogens with zero attached hydrogens (tertiary/aromatic N) is 5. The number of carboxylic acids is 1. The van der Waals surface area contributed by atoms with E-state index in [4.69, 9.17) is 11.6 Å². The Hall–Kier alpha value is -3.17. The minimum absolute atomic E-state index is 0.376. The molecule has 1 atom stereocenters. The Morgan fingerprint density at radius 2 is 1.75 bits per heavy atom. The van der Waals surface area contributed by atoms with Gasteiger partial charge in [-0.1, -0.05) is 29.8 Å². The molecular formula is C30H34ClF2N5O2. The van der Waals surface area contributed by atoms with E-state index in [1.807, 2.05) is 18.2 Å². The molecule has 0 radical (unpaired) electrons. The molecule has 0 bridgehead atoms. The van der Waals surface area contributed by atoms with Crippen molar-refractivity contribution in [3.8, 4) is 11.1 Å². The number of benzene rings is 2. The van der Waals surface area contributed by atoms with E-state index in [0.29, 0.717) is 18.0 Å². The number of piperidine rings is 1. The second kappa shape index (κ2) is 11.4. The summed E-state index contributed by atoms with van der Waals surface area (Å²) in [5.74, 6) is -0.474. The van der Waals surface area contributed by atoms with Gasteiger partial charge in [0, 0.05) is 67.8 Å². The molecule has 3 fully saturated rings. The third-order valence-electron chi connectivity index (χ3n) is 8.44. The fraction of sp³-hybridized carbons (Fsp3) is 0.467. The molecule has 2 aliphatic heterocycles. The number of carbonyl (C=O) groups is 1. The zero-order valence-electron chi connectivity index (χ0n) is 22.4. The molecule has 3 aromatic rings. The van der Waals surface area contributed by atoms with Crippen LogP contribution in [0.5, 0.6) is 0 Å². The lowest BCUT2D eigenvalue weighted by Gasteiger charge is -2.37. The minimum atomic E-state index is -2.93. The van der Waals surface area contributed by atoms with Crippen LogP contribution in [0.1, 0.15) is 54.2 Å². The van der Waals surface area contributed by atoms with Crippen LogP contribution in [0.2, 0.25) is 5.02 Å². The van der Waals surface area contributed by atoms with Crippen LogP contribution in [-0.2, 0) is 0 Å².